The number of nitrogens with two attached hydrogens (primary N) is 1. The zero-order valence-electron chi connectivity index (χ0n) is 6.36. The highest BCUT2D eigenvalue weighted by atomic mass is 32.2. The molecule has 2 N–H and O–H groups in total. The normalized spacial score (nSPS) is 41.6. The molecular weight excluding hydrogens is 210 g/mol. The van der Waals surface area contributed by atoms with E-state index in [4.69, 9.17) is 18.0 Å². The summed E-state index contributed by atoms with van der Waals surface area (Å²) in [5, 5.41) is 0.210. The highest BCUT2D eigenvalue weighted by Gasteiger charge is 2.42. The van der Waals surface area contributed by atoms with E-state index in [-0.39, 0.29) is 22.3 Å². The summed E-state index contributed by atoms with van der Waals surface area (Å²) < 4.78 is 0.990. The molecule has 0 radical (unpaired) electrons. The maximum Gasteiger partial charge on any atom is 0.195 e. The first-order valence-electron chi connectivity index (χ1n) is 3.81. The standard InChI is InChI=1S/C7H9NOS3/c8-5-1-3-4(6(9)12-5)2-11-7(3)10/h3-5H,1-2,8H2/t3?,4-,5?/m1/s1. The van der Waals surface area contributed by atoms with Gasteiger partial charge in [0.25, 0.3) is 0 Å². The smallest absolute Gasteiger partial charge is 0.195 e. The highest BCUT2D eigenvalue weighted by molar-refractivity contribution is 8.23. The minimum atomic E-state index is -0.0320. The van der Waals surface area contributed by atoms with Crippen LogP contribution in [-0.2, 0) is 4.79 Å². The second-order valence-corrected chi connectivity index (χ2v) is 6.06. The van der Waals surface area contributed by atoms with Gasteiger partial charge < -0.3 is 5.73 Å². The molecule has 5 heteroatoms. The van der Waals surface area contributed by atoms with Gasteiger partial charge in [-0.05, 0) is 6.42 Å². The van der Waals surface area contributed by atoms with E-state index in [1.165, 1.54) is 11.8 Å². The molecule has 0 aromatic carbocycles. The summed E-state index contributed by atoms with van der Waals surface area (Å²) in [7, 11) is 0. The molecule has 2 heterocycles. The number of carbonyl (C=O) groups excluding carboxylic acids is 1. The number of thioether (sulfide) groups is 2. The molecule has 0 saturated carbocycles. The van der Waals surface area contributed by atoms with Gasteiger partial charge in [0.15, 0.2) is 5.12 Å². The molecule has 0 spiro atoms. The third-order valence-electron chi connectivity index (χ3n) is 2.25. The molecule has 2 fully saturated rings. The van der Waals surface area contributed by atoms with Crippen molar-refractivity contribution in [3.63, 3.8) is 0 Å². The Balaban J connectivity index is 2.19. The van der Waals surface area contributed by atoms with Gasteiger partial charge in [-0.25, -0.2) is 0 Å². The summed E-state index contributed by atoms with van der Waals surface area (Å²) in [6, 6.07) is 0. The first-order valence-corrected chi connectivity index (χ1v) is 6.08. The lowest BCUT2D eigenvalue weighted by molar-refractivity contribution is -0.114. The molecule has 2 aliphatic heterocycles. The van der Waals surface area contributed by atoms with E-state index in [1.807, 2.05) is 0 Å². The van der Waals surface area contributed by atoms with Crippen LogP contribution in [0.1, 0.15) is 6.42 Å². The van der Waals surface area contributed by atoms with Gasteiger partial charge in [-0.3, -0.25) is 4.79 Å². The fourth-order valence-electron chi connectivity index (χ4n) is 1.59. The molecule has 12 heavy (non-hydrogen) atoms. The second kappa shape index (κ2) is 3.29. The van der Waals surface area contributed by atoms with Crippen LogP contribution in [0, 0.1) is 11.8 Å². The van der Waals surface area contributed by atoms with Gasteiger partial charge in [0.2, 0.25) is 0 Å². The molecule has 2 aliphatic rings. The van der Waals surface area contributed by atoms with Gasteiger partial charge >= 0.3 is 0 Å². The van der Waals surface area contributed by atoms with Crippen molar-refractivity contribution >= 4 is 45.1 Å². The zero-order valence-corrected chi connectivity index (χ0v) is 8.81. The molecule has 0 amide bonds. The quantitative estimate of drug-likeness (QED) is 0.621. The SMILES string of the molecule is NC1CC2C(=S)SC[C@H]2C(=O)S1. The fraction of sp³-hybridized carbons (Fsp3) is 0.714. The van der Waals surface area contributed by atoms with Crippen LogP contribution in [0.5, 0.6) is 0 Å². The van der Waals surface area contributed by atoms with Crippen molar-refractivity contribution in [1.29, 1.82) is 0 Å². The Morgan fingerprint density at radius 1 is 1.50 bits per heavy atom. The summed E-state index contributed by atoms with van der Waals surface area (Å²) in [6.45, 7) is 0. The number of rotatable bonds is 0. The average Bonchev–Trinajstić information content (AvgIpc) is 2.33. The molecule has 0 aromatic rings. The Labute approximate surface area is 85.0 Å². The van der Waals surface area contributed by atoms with Crippen molar-refractivity contribution < 1.29 is 4.79 Å². The third kappa shape index (κ3) is 1.43. The summed E-state index contributed by atoms with van der Waals surface area (Å²) in [4.78, 5) is 11.4. The van der Waals surface area contributed by atoms with Crippen LogP contribution >= 0.6 is 35.7 Å². The third-order valence-corrected chi connectivity index (χ3v) is 5.05. The minimum absolute atomic E-state index is 0.0320. The van der Waals surface area contributed by atoms with Gasteiger partial charge in [-0.2, -0.15) is 0 Å². The lowest BCUT2D eigenvalue weighted by atomic mass is 9.93. The van der Waals surface area contributed by atoms with Gasteiger partial charge in [0.1, 0.15) is 0 Å². The van der Waals surface area contributed by atoms with Gasteiger partial charge in [-0.15, -0.1) is 11.8 Å². The predicted octanol–water partition coefficient (Wildman–Crippen LogP) is 1.24. The molecule has 2 saturated heterocycles. The maximum atomic E-state index is 11.4. The van der Waals surface area contributed by atoms with Crippen LogP contribution in [0.25, 0.3) is 0 Å². The van der Waals surface area contributed by atoms with Gasteiger partial charge in [-0.1, -0.05) is 24.0 Å². The Morgan fingerprint density at radius 3 is 3.00 bits per heavy atom. The molecular formula is C7H9NOS3. The summed E-state index contributed by atoms with van der Waals surface area (Å²) in [6.07, 6.45) is 0.882. The Bertz CT molecular complexity index is 243. The Hall–Kier alpha value is 0.420. The summed E-state index contributed by atoms with van der Waals surface area (Å²) >= 11 is 8.10. The van der Waals surface area contributed by atoms with E-state index in [0.717, 1.165) is 16.4 Å². The van der Waals surface area contributed by atoms with Crippen LogP contribution in [0.3, 0.4) is 0 Å². The first-order chi connectivity index (χ1) is 5.68. The van der Waals surface area contributed by atoms with Crippen molar-refractivity contribution in [2.75, 3.05) is 5.75 Å². The van der Waals surface area contributed by atoms with Crippen molar-refractivity contribution in [2.45, 2.75) is 11.8 Å². The van der Waals surface area contributed by atoms with E-state index >= 15 is 0 Å². The average molecular weight is 219 g/mol. The van der Waals surface area contributed by atoms with E-state index in [0.29, 0.717) is 0 Å². The highest BCUT2D eigenvalue weighted by Crippen LogP contribution is 2.43. The van der Waals surface area contributed by atoms with Gasteiger partial charge in [0.05, 0.1) is 9.57 Å². The summed E-state index contributed by atoms with van der Waals surface area (Å²) in [5.41, 5.74) is 5.72. The molecule has 3 atom stereocenters. The molecule has 2 rings (SSSR count). The lowest BCUT2D eigenvalue weighted by Crippen LogP contribution is -2.35. The molecule has 66 valence electrons. The second-order valence-electron chi connectivity index (χ2n) is 3.05. The molecule has 2 unspecified atom stereocenters. The zero-order chi connectivity index (χ0) is 8.72. The van der Waals surface area contributed by atoms with Crippen molar-refractivity contribution in [1.82, 2.24) is 0 Å². The monoisotopic (exact) mass is 219 g/mol. The Morgan fingerprint density at radius 2 is 2.25 bits per heavy atom. The van der Waals surface area contributed by atoms with E-state index in [2.05, 4.69) is 0 Å². The molecule has 2 nitrogen and oxygen atoms in total. The minimum Gasteiger partial charge on any atom is -0.319 e. The lowest BCUT2D eigenvalue weighted by Gasteiger charge is -2.26. The van der Waals surface area contributed by atoms with Crippen LogP contribution in [0.4, 0.5) is 0 Å². The molecule has 0 aliphatic carbocycles. The number of thiocarbonyl (C=S) groups is 1. The topological polar surface area (TPSA) is 43.1 Å². The predicted molar refractivity (Wildman–Crippen MR) is 57.2 cm³/mol. The Kier molecular flexibility index (Phi) is 2.46. The maximum absolute atomic E-state index is 11.4. The van der Waals surface area contributed by atoms with Crippen molar-refractivity contribution in [2.24, 2.45) is 17.6 Å². The number of hydrogen-bond acceptors (Lipinski definition) is 5. The van der Waals surface area contributed by atoms with Crippen molar-refractivity contribution in [3.8, 4) is 0 Å². The van der Waals surface area contributed by atoms with Gasteiger partial charge in [0, 0.05) is 17.6 Å². The molecule has 0 aromatic heterocycles. The van der Waals surface area contributed by atoms with Crippen LogP contribution in [-0.4, -0.2) is 20.4 Å². The van der Waals surface area contributed by atoms with Crippen molar-refractivity contribution in [3.05, 3.63) is 0 Å². The number of carbonyl (C=O) groups is 1. The van der Waals surface area contributed by atoms with E-state index in [1.54, 1.807) is 11.8 Å². The molecule has 0 bridgehead atoms. The fourth-order valence-corrected chi connectivity index (χ4v) is 4.38. The van der Waals surface area contributed by atoms with Crippen LogP contribution < -0.4 is 5.73 Å². The van der Waals surface area contributed by atoms with E-state index in [9.17, 15) is 4.79 Å². The van der Waals surface area contributed by atoms with Crippen LogP contribution in [0.2, 0.25) is 0 Å². The van der Waals surface area contributed by atoms with E-state index < -0.39 is 0 Å². The largest absolute Gasteiger partial charge is 0.319 e. The summed E-state index contributed by atoms with van der Waals surface area (Å²) in [5.74, 6) is 1.32. The number of fused-ring (bicyclic) bond motifs is 1. The number of hydrogen-bond donors (Lipinski definition) is 1. The first kappa shape index (κ1) is 8.99. The van der Waals surface area contributed by atoms with Crippen LogP contribution in [0.15, 0.2) is 0 Å².